The summed E-state index contributed by atoms with van der Waals surface area (Å²) in [5.74, 6) is 0. The van der Waals surface area contributed by atoms with Crippen LogP contribution in [-0.4, -0.2) is 0 Å². The van der Waals surface area contributed by atoms with Gasteiger partial charge >= 0.3 is 0 Å². The van der Waals surface area contributed by atoms with Crippen molar-refractivity contribution in [2.45, 2.75) is 0 Å². The van der Waals surface area contributed by atoms with E-state index in [2.05, 4.69) is 170 Å². The van der Waals surface area contributed by atoms with Crippen LogP contribution in [0.5, 0.6) is 0 Å². The van der Waals surface area contributed by atoms with Gasteiger partial charge in [-0.05, 0) is 99.4 Å². The zero-order valence-corrected chi connectivity index (χ0v) is 24.2. The van der Waals surface area contributed by atoms with E-state index in [-0.39, 0.29) is 0 Å². The standard InChI is InChI=1S/C44H28/c1-2-11-29(12-3-1)31-21-22-33-28-34(24-23-32(33)27-31)43-39-15-6-8-17-41(39)44(42-18-9-7-16-40(42)43)38-20-10-19-36-35-14-5-4-13-30(35)25-26-37(36)38/h1-28H. The molecule has 0 unspecified atom stereocenters. The zero-order valence-electron chi connectivity index (χ0n) is 24.2. The average molecular weight is 557 g/mol. The van der Waals surface area contributed by atoms with Crippen molar-refractivity contribution in [2.75, 3.05) is 0 Å². The van der Waals surface area contributed by atoms with Crippen LogP contribution in [0.2, 0.25) is 0 Å². The van der Waals surface area contributed by atoms with Crippen LogP contribution < -0.4 is 0 Å². The molecular formula is C44H28. The Morgan fingerprint density at radius 1 is 0.227 bits per heavy atom. The lowest BCUT2D eigenvalue weighted by molar-refractivity contribution is 1.64. The van der Waals surface area contributed by atoms with Crippen molar-refractivity contribution in [3.8, 4) is 33.4 Å². The molecule has 0 atom stereocenters. The smallest absolute Gasteiger partial charge is 0.00201 e. The molecule has 9 rings (SSSR count). The molecule has 9 aromatic rings. The second kappa shape index (κ2) is 9.93. The maximum atomic E-state index is 2.36. The molecule has 0 nitrogen and oxygen atoms in total. The van der Waals surface area contributed by atoms with Crippen molar-refractivity contribution in [1.82, 2.24) is 0 Å². The largest absolute Gasteiger partial charge is 0.0622 e. The third-order valence-corrected chi connectivity index (χ3v) is 9.22. The number of hydrogen-bond donors (Lipinski definition) is 0. The van der Waals surface area contributed by atoms with Gasteiger partial charge in [-0.15, -0.1) is 0 Å². The van der Waals surface area contributed by atoms with Crippen LogP contribution in [0.15, 0.2) is 170 Å². The lowest BCUT2D eigenvalue weighted by Crippen LogP contribution is -1.92. The first-order chi connectivity index (χ1) is 21.8. The van der Waals surface area contributed by atoms with Crippen LogP contribution in [0.3, 0.4) is 0 Å². The molecule has 9 aromatic carbocycles. The molecule has 0 aliphatic heterocycles. The van der Waals surface area contributed by atoms with E-state index in [9.17, 15) is 0 Å². The molecule has 0 saturated heterocycles. The maximum Gasteiger partial charge on any atom is -0.00201 e. The summed E-state index contributed by atoms with van der Waals surface area (Å²) in [5, 5.41) is 12.8. The fourth-order valence-electron chi connectivity index (χ4n) is 7.20. The number of hydrogen-bond acceptors (Lipinski definition) is 0. The van der Waals surface area contributed by atoms with Gasteiger partial charge in [-0.3, -0.25) is 0 Å². The Morgan fingerprint density at radius 2 is 0.750 bits per heavy atom. The second-order valence-corrected chi connectivity index (χ2v) is 11.7. The Balaban J connectivity index is 1.31. The number of rotatable bonds is 3. The molecule has 0 bridgehead atoms. The highest BCUT2D eigenvalue weighted by Crippen LogP contribution is 2.46. The summed E-state index contributed by atoms with van der Waals surface area (Å²) in [6.07, 6.45) is 0. The van der Waals surface area contributed by atoms with Crippen LogP contribution in [0.25, 0.3) is 87.2 Å². The maximum absolute atomic E-state index is 2.36. The molecule has 0 fully saturated rings. The van der Waals surface area contributed by atoms with E-state index >= 15 is 0 Å². The highest BCUT2D eigenvalue weighted by Gasteiger charge is 2.18. The van der Waals surface area contributed by atoms with Crippen LogP contribution >= 0.6 is 0 Å². The molecule has 0 heterocycles. The van der Waals surface area contributed by atoms with E-state index in [1.54, 1.807) is 0 Å². The van der Waals surface area contributed by atoms with Crippen molar-refractivity contribution in [3.05, 3.63) is 170 Å². The molecule has 44 heavy (non-hydrogen) atoms. The van der Waals surface area contributed by atoms with E-state index in [0.29, 0.717) is 0 Å². The third kappa shape index (κ3) is 3.85. The predicted octanol–water partition coefficient (Wildman–Crippen LogP) is 12.5. The molecule has 0 saturated carbocycles. The molecule has 0 heteroatoms. The molecule has 0 aromatic heterocycles. The van der Waals surface area contributed by atoms with Gasteiger partial charge in [0.2, 0.25) is 0 Å². The lowest BCUT2D eigenvalue weighted by atomic mass is 9.84. The zero-order chi connectivity index (χ0) is 29.0. The summed E-state index contributed by atoms with van der Waals surface area (Å²) in [6, 6.07) is 62.3. The highest BCUT2D eigenvalue weighted by atomic mass is 14.2. The van der Waals surface area contributed by atoms with Gasteiger partial charge in [0.25, 0.3) is 0 Å². The minimum Gasteiger partial charge on any atom is -0.0622 e. The third-order valence-electron chi connectivity index (χ3n) is 9.22. The summed E-state index contributed by atoms with van der Waals surface area (Å²) >= 11 is 0. The first-order valence-corrected chi connectivity index (χ1v) is 15.3. The van der Waals surface area contributed by atoms with Crippen molar-refractivity contribution >= 4 is 53.9 Å². The fourth-order valence-corrected chi connectivity index (χ4v) is 7.20. The lowest BCUT2D eigenvalue weighted by Gasteiger charge is -2.19. The van der Waals surface area contributed by atoms with Crippen molar-refractivity contribution in [1.29, 1.82) is 0 Å². The molecule has 0 amide bonds. The minimum atomic E-state index is 1.24. The van der Waals surface area contributed by atoms with Gasteiger partial charge in [0.05, 0.1) is 0 Å². The van der Waals surface area contributed by atoms with E-state index in [4.69, 9.17) is 0 Å². The Bertz CT molecular complexity index is 2480. The summed E-state index contributed by atoms with van der Waals surface area (Å²) in [4.78, 5) is 0. The summed E-state index contributed by atoms with van der Waals surface area (Å²) < 4.78 is 0. The highest BCUT2D eigenvalue weighted by molar-refractivity contribution is 6.25. The van der Waals surface area contributed by atoms with E-state index < -0.39 is 0 Å². The van der Waals surface area contributed by atoms with Crippen molar-refractivity contribution in [2.24, 2.45) is 0 Å². The predicted molar refractivity (Wildman–Crippen MR) is 190 cm³/mol. The van der Waals surface area contributed by atoms with Crippen LogP contribution in [0, 0.1) is 0 Å². The Hall–Kier alpha value is -5.72. The average Bonchev–Trinajstić information content (AvgIpc) is 3.10. The van der Waals surface area contributed by atoms with E-state index in [1.165, 1.54) is 87.2 Å². The van der Waals surface area contributed by atoms with Crippen LogP contribution in [-0.2, 0) is 0 Å². The van der Waals surface area contributed by atoms with E-state index in [1.807, 2.05) is 0 Å². The van der Waals surface area contributed by atoms with Crippen molar-refractivity contribution in [3.63, 3.8) is 0 Å². The summed E-state index contributed by atoms with van der Waals surface area (Å²) in [7, 11) is 0. The first kappa shape index (κ1) is 24.8. The molecule has 0 spiro atoms. The molecule has 0 N–H and O–H groups in total. The molecule has 0 aliphatic carbocycles. The van der Waals surface area contributed by atoms with Gasteiger partial charge in [0, 0.05) is 0 Å². The fraction of sp³-hybridized carbons (Fsp3) is 0. The van der Waals surface area contributed by atoms with E-state index in [0.717, 1.165) is 0 Å². The normalized spacial score (nSPS) is 11.6. The molecule has 0 radical (unpaired) electrons. The van der Waals surface area contributed by atoms with Gasteiger partial charge in [-0.25, -0.2) is 0 Å². The van der Waals surface area contributed by atoms with Crippen LogP contribution in [0.4, 0.5) is 0 Å². The Kier molecular flexibility index (Phi) is 5.61. The van der Waals surface area contributed by atoms with Gasteiger partial charge in [-0.2, -0.15) is 0 Å². The van der Waals surface area contributed by atoms with Gasteiger partial charge in [-0.1, -0.05) is 158 Å². The Morgan fingerprint density at radius 3 is 1.45 bits per heavy atom. The topological polar surface area (TPSA) is 0 Å². The van der Waals surface area contributed by atoms with Crippen LogP contribution in [0.1, 0.15) is 0 Å². The number of benzene rings is 9. The minimum absolute atomic E-state index is 1.24. The SMILES string of the molecule is c1ccc(-c2ccc3cc(-c4c5ccccc5c(-c5cccc6c5ccc5ccccc56)c5ccccc45)ccc3c2)cc1. The second-order valence-electron chi connectivity index (χ2n) is 11.7. The summed E-state index contributed by atoms with van der Waals surface area (Å²) in [6.45, 7) is 0. The van der Waals surface area contributed by atoms with Gasteiger partial charge in [0.15, 0.2) is 0 Å². The first-order valence-electron chi connectivity index (χ1n) is 15.3. The Labute approximate surface area is 256 Å². The van der Waals surface area contributed by atoms with Gasteiger partial charge < -0.3 is 0 Å². The quantitative estimate of drug-likeness (QED) is 0.150. The number of fused-ring (bicyclic) bond motifs is 6. The molecular weight excluding hydrogens is 528 g/mol. The molecule has 204 valence electrons. The summed E-state index contributed by atoms with van der Waals surface area (Å²) in [5.41, 5.74) is 7.60. The molecule has 0 aliphatic rings. The monoisotopic (exact) mass is 556 g/mol. The van der Waals surface area contributed by atoms with Gasteiger partial charge in [0.1, 0.15) is 0 Å². The van der Waals surface area contributed by atoms with Crippen molar-refractivity contribution < 1.29 is 0 Å².